The highest BCUT2D eigenvalue weighted by atomic mass is 32.2. The van der Waals surface area contributed by atoms with Crippen LogP contribution in [-0.4, -0.2) is 12.3 Å². The molecule has 1 unspecified atom stereocenters. The van der Waals surface area contributed by atoms with Crippen LogP contribution in [-0.2, 0) is 0 Å². The molecule has 0 saturated carbocycles. The zero-order chi connectivity index (χ0) is 9.10. The summed E-state index contributed by atoms with van der Waals surface area (Å²) in [5.74, 6) is 3.70. The standard InChI is InChI=1S/C11H11NS/c1-2-7-12-10-8-13-11-6-4-3-5-9(10)11/h1,3-6,10,12H,7-8H2. The van der Waals surface area contributed by atoms with E-state index in [2.05, 4.69) is 35.5 Å². The molecule has 0 aromatic heterocycles. The molecule has 1 aliphatic rings. The fraction of sp³-hybridized carbons (Fsp3) is 0.273. The summed E-state index contributed by atoms with van der Waals surface area (Å²) in [6.45, 7) is 0.652. The molecule has 1 N–H and O–H groups in total. The molecule has 0 radical (unpaired) electrons. The van der Waals surface area contributed by atoms with Gasteiger partial charge < -0.3 is 0 Å². The van der Waals surface area contributed by atoms with E-state index >= 15 is 0 Å². The van der Waals surface area contributed by atoms with Crippen molar-refractivity contribution in [2.75, 3.05) is 12.3 Å². The lowest BCUT2D eigenvalue weighted by Crippen LogP contribution is -2.21. The third kappa shape index (κ3) is 1.72. The normalized spacial score (nSPS) is 19.5. The van der Waals surface area contributed by atoms with Gasteiger partial charge in [-0.15, -0.1) is 18.2 Å². The van der Waals surface area contributed by atoms with Gasteiger partial charge in [-0.25, -0.2) is 0 Å². The topological polar surface area (TPSA) is 12.0 Å². The molecule has 1 heterocycles. The Balaban J connectivity index is 2.15. The highest BCUT2D eigenvalue weighted by Gasteiger charge is 2.21. The van der Waals surface area contributed by atoms with E-state index in [1.54, 1.807) is 0 Å². The highest BCUT2D eigenvalue weighted by Crippen LogP contribution is 2.37. The molecule has 0 saturated heterocycles. The minimum absolute atomic E-state index is 0.442. The van der Waals surface area contributed by atoms with Crippen LogP contribution >= 0.6 is 11.8 Å². The molecule has 1 aliphatic heterocycles. The van der Waals surface area contributed by atoms with Crippen molar-refractivity contribution in [1.82, 2.24) is 5.32 Å². The van der Waals surface area contributed by atoms with Crippen molar-refractivity contribution in [3.63, 3.8) is 0 Å². The lowest BCUT2D eigenvalue weighted by atomic mass is 10.1. The van der Waals surface area contributed by atoms with Crippen LogP contribution in [0.2, 0.25) is 0 Å². The minimum Gasteiger partial charge on any atom is -0.298 e. The van der Waals surface area contributed by atoms with Gasteiger partial charge in [0.1, 0.15) is 0 Å². The van der Waals surface area contributed by atoms with Gasteiger partial charge in [-0.3, -0.25) is 5.32 Å². The van der Waals surface area contributed by atoms with Gasteiger partial charge in [0.25, 0.3) is 0 Å². The summed E-state index contributed by atoms with van der Waals surface area (Å²) < 4.78 is 0. The first-order chi connectivity index (χ1) is 6.42. The molecule has 2 rings (SSSR count). The van der Waals surface area contributed by atoms with E-state index in [0.29, 0.717) is 12.6 Å². The van der Waals surface area contributed by atoms with Gasteiger partial charge >= 0.3 is 0 Å². The summed E-state index contributed by atoms with van der Waals surface area (Å²) in [6.07, 6.45) is 5.21. The molecule has 1 atom stereocenters. The molecular formula is C11H11NS. The lowest BCUT2D eigenvalue weighted by molar-refractivity contribution is 0.634. The summed E-state index contributed by atoms with van der Waals surface area (Å²) in [4.78, 5) is 1.39. The van der Waals surface area contributed by atoms with E-state index < -0.39 is 0 Å². The number of benzene rings is 1. The van der Waals surface area contributed by atoms with Gasteiger partial charge in [-0.1, -0.05) is 24.1 Å². The number of hydrogen-bond acceptors (Lipinski definition) is 2. The molecule has 1 aromatic rings. The molecule has 1 aromatic carbocycles. The Morgan fingerprint density at radius 2 is 2.38 bits per heavy atom. The SMILES string of the molecule is C#CCNC1CSc2ccccc21. The summed E-state index contributed by atoms with van der Waals surface area (Å²) >= 11 is 1.90. The summed E-state index contributed by atoms with van der Waals surface area (Å²) in [7, 11) is 0. The van der Waals surface area contributed by atoms with E-state index in [-0.39, 0.29) is 0 Å². The number of hydrogen-bond donors (Lipinski definition) is 1. The van der Waals surface area contributed by atoms with Crippen LogP contribution in [0.5, 0.6) is 0 Å². The molecule has 0 amide bonds. The van der Waals surface area contributed by atoms with Crippen LogP contribution in [0.3, 0.4) is 0 Å². The van der Waals surface area contributed by atoms with Crippen LogP contribution in [0.4, 0.5) is 0 Å². The van der Waals surface area contributed by atoms with Crippen molar-refractivity contribution in [2.24, 2.45) is 0 Å². The Bertz CT molecular complexity index is 340. The quantitative estimate of drug-likeness (QED) is 0.715. The van der Waals surface area contributed by atoms with Crippen molar-refractivity contribution in [3.8, 4) is 12.3 Å². The molecule has 13 heavy (non-hydrogen) atoms. The van der Waals surface area contributed by atoms with Crippen LogP contribution < -0.4 is 5.32 Å². The maximum Gasteiger partial charge on any atom is 0.0578 e. The first kappa shape index (κ1) is 8.68. The fourth-order valence-electron chi connectivity index (χ4n) is 1.51. The average molecular weight is 189 g/mol. The maximum absolute atomic E-state index is 5.21. The predicted molar refractivity (Wildman–Crippen MR) is 56.7 cm³/mol. The van der Waals surface area contributed by atoms with Crippen molar-refractivity contribution in [3.05, 3.63) is 29.8 Å². The Hall–Kier alpha value is -0.910. The number of terminal acetylenes is 1. The van der Waals surface area contributed by atoms with Crippen molar-refractivity contribution in [2.45, 2.75) is 10.9 Å². The summed E-state index contributed by atoms with van der Waals surface area (Å²) in [6, 6.07) is 8.93. The molecular weight excluding hydrogens is 178 g/mol. The number of rotatable bonds is 2. The maximum atomic E-state index is 5.21. The summed E-state index contributed by atoms with van der Waals surface area (Å²) in [5, 5.41) is 3.33. The van der Waals surface area contributed by atoms with Crippen LogP contribution in [0.15, 0.2) is 29.2 Å². The Labute approximate surface area is 82.9 Å². The zero-order valence-corrected chi connectivity index (χ0v) is 8.10. The van der Waals surface area contributed by atoms with Gasteiger partial charge in [0.05, 0.1) is 6.54 Å². The van der Waals surface area contributed by atoms with Crippen molar-refractivity contribution < 1.29 is 0 Å². The molecule has 0 bridgehead atoms. The Kier molecular flexibility index (Phi) is 2.58. The monoisotopic (exact) mass is 189 g/mol. The summed E-state index contributed by atoms with van der Waals surface area (Å²) in [5.41, 5.74) is 1.39. The molecule has 0 fully saturated rings. The van der Waals surface area contributed by atoms with E-state index in [1.807, 2.05) is 11.8 Å². The van der Waals surface area contributed by atoms with Gasteiger partial charge in [-0.2, -0.15) is 0 Å². The van der Waals surface area contributed by atoms with E-state index in [9.17, 15) is 0 Å². The van der Waals surface area contributed by atoms with E-state index in [1.165, 1.54) is 10.5 Å². The van der Waals surface area contributed by atoms with E-state index in [4.69, 9.17) is 6.42 Å². The number of nitrogens with one attached hydrogen (secondary N) is 1. The zero-order valence-electron chi connectivity index (χ0n) is 7.29. The third-order valence-corrected chi connectivity index (χ3v) is 3.33. The first-order valence-electron chi connectivity index (χ1n) is 4.30. The average Bonchev–Trinajstić information content (AvgIpc) is 2.58. The third-order valence-electron chi connectivity index (χ3n) is 2.15. The van der Waals surface area contributed by atoms with Crippen molar-refractivity contribution >= 4 is 11.8 Å². The second kappa shape index (κ2) is 3.87. The Morgan fingerprint density at radius 3 is 3.23 bits per heavy atom. The second-order valence-corrected chi connectivity index (χ2v) is 4.05. The largest absolute Gasteiger partial charge is 0.298 e. The van der Waals surface area contributed by atoms with Crippen LogP contribution in [0, 0.1) is 12.3 Å². The molecule has 66 valence electrons. The van der Waals surface area contributed by atoms with Crippen LogP contribution in [0.25, 0.3) is 0 Å². The predicted octanol–water partition coefficient (Wildman–Crippen LogP) is 2.06. The number of thioether (sulfide) groups is 1. The van der Waals surface area contributed by atoms with Crippen LogP contribution in [0.1, 0.15) is 11.6 Å². The Morgan fingerprint density at radius 1 is 1.54 bits per heavy atom. The molecule has 1 nitrogen and oxygen atoms in total. The number of fused-ring (bicyclic) bond motifs is 1. The highest BCUT2D eigenvalue weighted by molar-refractivity contribution is 7.99. The van der Waals surface area contributed by atoms with Gasteiger partial charge in [0.2, 0.25) is 0 Å². The first-order valence-corrected chi connectivity index (χ1v) is 5.29. The molecule has 0 spiro atoms. The fourth-order valence-corrected chi connectivity index (χ4v) is 2.71. The molecule has 2 heteroatoms. The minimum atomic E-state index is 0.442. The lowest BCUT2D eigenvalue weighted by Gasteiger charge is -2.09. The van der Waals surface area contributed by atoms with Gasteiger partial charge in [-0.05, 0) is 11.6 Å². The molecule has 0 aliphatic carbocycles. The smallest absolute Gasteiger partial charge is 0.0578 e. The van der Waals surface area contributed by atoms with Gasteiger partial charge in [0, 0.05) is 16.7 Å². The second-order valence-electron chi connectivity index (χ2n) is 2.99. The van der Waals surface area contributed by atoms with Crippen molar-refractivity contribution in [1.29, 1.82) is 0 Å². The van der Waals surface area contributed by atoms with Gasteiger partial charge in [0.15, 0.2) is 0 Å². The van der Waals surface area contributed by atoms with E-state index in [0.717, 1.165) is 5.75 Å².